The Bertz CT molecular complexity index is 2800. The maximum atomic E-state index is 13.7. The molecule has 66 heavy (non-hydrogen) atoms. The van der Waals surface area contributed by atoms with E-state index < -0.39 is 18.0 Å². The number of hydrogen-bond acceptors (Lipinski definition) is 15. The first-order valence-electron chi connectivity index (χ1n) is 21.5. The monoisotopic (exact) mass is 925 g/mol. The lowest BCUT2D eigenvalue weighted by molar-refractivity contribution is 0.0891. The third kappa shape index (κ3) is 10.1. The lowest BCUT2D eigenvalue weighted by Gasteiger charge is -2.33. The minimum atomic E-state index is -1.22. The summed E-state index contributed by atoms with van der Waals surface area (Å²) >= 11 is 1.29. The molecule has 1 aliphatic heterocycles. The summed E-state index contributed by atoms with van der Waals surface area (Å²) in [5, 5.41) is 22.9. The van der Waals surface area contributed by atoms with Crippen molar-refractivity contribution in [2.75, 3.05) is 64.2 Å². The molecule has 1 atom stereocenters. The van der Waals surface area contributed by atoms with Gasteiger partial charge in [0.15, 0.2) is 6.23 Å². The van der Waals surface area contributed by atoms with E-state index in [1.165, 1.54) is 31.6 Å². The lowest BCUT2D eigenvalue weighted by Crippen LogP contribution is -2.48. The number of aryl methyl sites for hydroxylation is 4. The number of piperazine rings is 1. The number of nitrogens with two attached hydrogens (primary N) is 2. The summed E-state index contributed by atoms with van der Waals surface area (Å²) < 4.78 is 22.3. The molecule has 1 unspecified atom stereocenters. The predicted molar refractivity (Wildman–Crippen MR) is 248 cm³/mol. The maximum absolute atomic E-state index is 13.7. The van der Waals surface area contributed by atoms with Gasteiger partial charge in [-0.2, -0.15) is 5.10 Å². The van der Waals surface area contributed by atoms with E-state index in [1.54, 1.807) is 38.4 Å². The molecule has 6 aromatic rings. The summed E-state index contributed by atoms with van der Waals surface area (Å²) in [6.45, 7) is 11.9. The minimum absolute atomic E-state index is 0.177. The number of carbonyl (C=O) groups excluding carboxylic acids is 4. The normalized spacial score (nSPS) is 13.7. The number of hydrogen-bond donors (Lipinski definition) is 5. The SMILES string of the molecule is CCc1nc(C)sc1C(=O)Nc1nc2cc(C(N)=O)cc(OC)c2n1C/C=C/Cn1c(NC(O)c2cc(C)nn2CC)nc2cc(C(N)=O)cc(OCCCN3CCN(C(=O)OC)CC3)c21. The summed E-state index contributed by atoms with van der Waals surface area (Å²) in [7, 11) is 2.84. The minimum Gasteiger partial charge on any atom is -0.494 e. The predicted octanol–water partition coefficient (Wildman–Crippen LogP) is 4.21. The number of rotatable bonds is 19. The van der Waals surface area contributed by atoms with Crippen LogP contribution in [0.3, 0.4) is 0 Å². The molecule has 0 saturated carbocycles. The van der Waals surface area contributed by atoms with Crippen molar-refractivity contribution in [1.29, 1.82) is 0 Å². The molecule has 350 valence electrons. The summed E-state index contributed by atoms with van der Waals surface area (Å²) in [5.74, 6) is -0.553. The Morgan fingerprint density at radius 1 is 0.864 bits per heavy atom. The van der Waals surface area contributed by atoms with Crippen molar-refractivity contribution in [2.45, 2.75) is 66.4 Å². The molecular weight excluding hydrogens is 871 g/mol. The zero-order valence-electron chi connectivity index (χ0n) is 37.8. The van der Waals surface area contributed by atoms with Gasteiger partial charge < -0.3 is 50.1 Å². The lowest BCUT2D eigenvalue weighted by atomic mass is 10.1. The van der Waals surface area contributed by atoms with Crippen LogP contribution in [0, 0.1) is 13.8 Å². The number of imidazole rings is 2. The molecule has 2 aromatic carbocycles. The fraction of sp³-hybridized carbons (Fsp3) is 0.409. The Kier molecular flexibility index (Phi) is 14.5. The van der Waals surface area contributed by atoms with Crippen LogP contribution in [0.25, 0.3) is 22.1 Å². The van der Waals surface area contributed by atoms with Crippen LogP contribution in [0.2, 0.25) is 0 Å². The van der Waals surface area contributed by atoms with Crippen LogP contribution in [0.1, 0.15) is 79.0 Å². The number of thiazole rings is 1. The van der Waals surface area contributed by atoms with Crippen LogP contribution in [0.5, 0.6) is 11.5 Å². The highest BCUT2D eigenvalue weighted by molar-refractivity contribution is 7.13. The molecule has 4 amide bonds. The summed E-state index contributed by atoms with van der Waals surface area (Å²) in [5.41, 5.74) is 15.6. The Labute approximate surface area is 384 Å². The van der Waals surface area contributed by atoms with Crippen molar-refractivity contribution < 1.29 is 38.5 Å². The first-order valence-corrected chi connectivity index (χ1v) is 22.4. The van der Waals surface area contributed by atoms with E-state index in [0.717, 1.165) is 10.7 Å². The fourth-order valence-electron chi connectivity index (χ4n) is 7.97. The van der Waals surface area contributed by atoms with E-state index in [0.29, 0.717) is 102 Å². The van der Waals surface area contributed by atoms with E-state index in [4.69, 9.17) is 35.6 Å². The Morgan fingerprint density at radius 2 is 1.48 bits per heavy atom. The summed E-state index contributed by atoms with van der Waals surface area (Å²) in [6, 6.07) is 8.03. The average Bonchev–Trinajstić information content (AvgIpc) is 4.07. The van der Waals surface area contributed by atoms with E-state index in [2.05, 4.69) is 25.6 Å². The summed E-state index contributed by atoms with van der Waals surface area (Å²) in [4.78, 5) is 69.1. The zero-order valence-corrected chi connectivity index (χ0v) is 38.6. The van der Waals surface area contributed by atoms with Gasteiger partial charge in [0.2, 0.25) is 23.7 Å². The number of allylic oxidation sites excluding steroid dienone is 2. The number of anilines is 2. The van der Waals surface area contributed by atoms with Crippen molar-refractivity contribution in [2.24, 2.45) is 11.5 Å². The molecule has 5 heterocycles. The standard InChI is InChI=1S/C44H55N13O8S/c1-7-29-37(66-26(4)47-29)41(61)51-43-48-30-21-27(38(45)58)23-33(63-5)35(30)55(43)13-9-10-14-56-36-31(49-42(56)50-40(60)32-20-25(3)52-57(32)8-2)22-28(39(46)59)24-34(36)65-19-11-12-53-15-17-54(18-16-53)44(62)64-6/h9-10,20-24,40,60H,7-8,11-19H2,1-6H3,(H2,45,58)(H2,46,59)(H,49,50)(H,48,51,61)/b10-9+. The Morgan fingerprint density at radius 3 is 2.09 bits per heavy atom. The number of nitrogens with one attached hydrogen (secondary N) is 2. The highest BCUT2D eigenvalue weighted by atomic mass is 32.1. The molecule has 0 bridgehead atoms. The molecular formula is C44H55N13O8S. The molecule has 4 aromatic heterocycles. The molecule has 7 rings (SSSR count). The number of aromatic nitrogens is 7. The summed E-state index contributed by atoms with van der Waals surface area (Å²) in [6.07, 6.45) is 3.39. The number of carbonyl (C=O) groups is 4. The molecule has 21 nitrogen and oxygen atoms in total. The van der Waals surface area contributed by atoms with Crippen molar-refractivity contribution >= 4 is 69.1 Å². The average molecular weight is 926 g/mol. The second-order valence-corrected chi connectivity index (χ2v) is 16.8. The number of fused-ring (bicyclic) bond motifs is 2. The fourth-order valence-corrected chi connectivity index (χ4v) is 8.87. The van der Waals surface area contributed by atoms with Crippen molar-refractivity contribution in [1.82, 2.24) is 43.7 Å². The van der Waals surface area contributed by atoms with Gasteiger partial charge in [-0.3, -0.25) is 29.3 Å². The van der Waals surface area contributed by atoms with Crippen molar-refractivity contribution in [3.8, 4) is 11.5 Å². The molecule has 22 heteroatoms. The molecule has 1 fully saturated rings. The zero-order chi connectivity index (χ0) is 47.2. The quantitative estimate of drug-likeness (QED) is 0.0433. The number of nitrogens with zero attached hydrogens (tertiary/aromatic N) is 9. The van der Waals surface area contributed by atoms with Crippen LogP contribution < -0.4 is 31.6 Å². The Hall–Kier alpha value is -7.04. The van der Waals surface area contributed by atoms with E-state index in [9.17, 15) is 24.3 Å². The van der Waals surface area contributed by atoms with Crippen LogP contribution in [0.15, 0.2) is 42.5 Å². The third-order valence-electron chi connectivity index (χ3n) is 11.2. The molecule has 1 saturated heterocycles. The number of primary amides is 2. The largest absolute Gasteiger partial charge is 0.494 e. The Balaban J connectivity index is 1.22. The molecule has 0 spiro atoms. The third-order valence-corrected chi connectivity index (χ3v) is 12.2. The van der Waals surface area contributed by atoms with Gasteiger partial charge >= 0.3 is 6.09 Å². The number of aliphatic hydroxyl groups is 1. The smallest absolute Gasteiger partial charge is 0.409 e. The molecule has 1 aliphatic rings. The van der Waals surface area contributed by atoms with E-state index in [1.807, 2.05) is 44.4 Å². The van der Waals surface area contributed by atoms with Crippen LogP contribution in [-0.2, 0) is 30.8 Å². The molecule has 0 radical (unpaired) electrons. The first-order chi connectivity index (χ1) is 31.7. The second kappa shape index (κ2) is 20.4. The van der Waals surface area contributed by atoms with Gasteiger partial charge in [-0.25, -0.2) is 19.7 Å². The van der Waals surface area contributed by atoms with Gasteiger partial charge in [-0.05, 0) is 63.9 Å². The van der Waals surface area contributed by atoms with Crippen LogP contribution >= 0.6 is 11.3 Å². The maximum Gasteiger partial charge on any atom is 0.409 e. The topological polar surface area (TPSA) is 265 Å². The number of aliphatic hydroxyl groups excluding tert-OH is 1. The second-order valence-electron chi connectivity index (χ2n) is 15.6. The van der Waals surface area contributed by atoms with Gasteiger partial charge in [0.25, 0.3) is 5.91 Å². The number of ether oxygens (including phenoxy) is 3. The van der Waals surface area contributed by atoms with Crippen molar-refractivity contribution in [3.63, 3.8) is 0 Å². The van der Waals surface area contributed by atoms with Crippen molar-refractivity contribution in [3.05, 3.63) is 80.6 Å². The van der Waals surface area contributed by atoms with Gasteiger partial charge in [-0.1, -0.05) is 19.1 Å². The highest BCUT2D eigenvalue weighted by Crippen LogP contribution is 2.34. The number of benzene rings is 2. The highest BCUT2D eigenvalue weighted by Gasteiger charge is 2.25. The van der Waals surface area contributed by atoms with E-state index in [-0.39, 0.29) is 54.7 Å². The van der Waals surface area contributed by atoms with Crippen LogP contribution in [-0.4, -0.2) is 126 Å². The van der Waals surface area contributed by atoms with Gasteiger partial charge in [0.05, 0.1) is 53.9 Å². The molecule has 0 aliphatic carbocycles. The molecule has 7 N–H and O–H groups in total. The van der Waals surface area contributed by atoms with Crippen LogP contribution in [0.4, 0.5) is 16.7 Å². The van der Waals surface area contributed by atoms with Gasteiger partial charge in [0.1, 0.15) is 27.4 Å². The van der Waals surface area contributed by atoms with Gasteiger partial charge in [-0.15, -0.1) is 11.3 Å². The van der Waals surface area contributed by atoms with E-state index >= 15 is 0 Å². The number of amides is 4. The first kappa shape index (κ1) is 46.9. The van der Waals surface area contributed by atoms with Gasteiger partial charge in [0, 0.05) is 63.5 Å². The number of methoxy groups -OCH3 is 2.